The zero-order chi connectivity index (χ0) is 16.2. The summed E-state index contributed by atoms with van der Waals surface area (Å²) in [6.45, 7) is 3.66. The third-order valence-electron chi connectivity index (χ3n) is 4.04. The largest absolute Gasteiger partial charge is 0.370 e. The topological polar surface area (TPSA) is 53.3 Å². The first-order chi connectivity index (χ1) is 11.2. The summed E-state index contributed by atoms with van der Waals surface area (Å²) in [5, 5.41) is 8.97. The van der Waals surface area contributed by atoms with Crippen LogP contribution in [-0.4, -0.2) is 30.5 Å². The maximum Gasteiger partial charge on any atom is 0.254 e. The molecule has 0 spiro atoms. The minimum absolute atomic E-state index is 0.0532. The van der Waals surface area contributed by atoms with Gasteiger partial charge in [-0.15, -0.1) is 0 Å². The molecule has 0 bridgehead atoms. The number of carbonyl (C=O) groups excluding carboxylic acids is 1. The predicted molar refractivity (Wildman–Crippen MR) is 86.9 cm³/mol. The molecule has 4 nitrogen and oxygen atoms in total. The van der Waals surface area contributed by atoms with E-state index in [0.29, 0.717) is 30.8 Å². The number of nitriles is 1. The maximum absolute atomic E-state index is 12.7. The lowest BCUT2D eigenvalue weighted by molar-refractivity contribution is -0.0228. The Morgan fingerprint density at radius 3 is 2.78 bits per heavy atom. The van der Waals surface area contributed by atoms with Gasteiger partial charge in [-0.25, -0.2) is 0 Å². The lowest BCUT2D eigenvalue weighted by Crippen LogP contribution is -2.42. The first-order valence-corrected chi connectivity index (χ1v) is 7.65. The second-order valence-electron chi connectivity index (χ2n) is 5.71. The number of ether oxygens (including phenoxy) is 1. The van der Waals surface area contributed by atoms with Crippen molar-refractivity contribution in [2.75, 3.05) is 19.7 Å². The molecule has 1 saturated heterocycles. The van der Waals surface area contributed by atoms with Crippen molar-refractivity contribution in [2.24, 2.45) is 0 Å². The Kier molecular flexibility index (Phi) is 4.40. The summed E-state index contributed by atoms with van der Waals surface area (Å²) in [6, 6.07) is 17.1. The fraction of sp³-hybridized carbons (Fsp3) is 0.263. The molecule has 1 atom stereocenters. The number of morpholine rings is 1. The molecule has 1 heterocycles. The van der Waals surface area contributed by atoms with E-state index in [9.17, 15) is 4.79 Å². The molecule has 0 N–H and O–H groups in total. The van der Waals surface area contributed by atoms with E-state index in [1.165, 1.54) is 5.56 Å². The predicted octanol–water partition coefficient (Wildman–Crippen LogP) is 3.08. The van der Waals surface area contributed by atoms with Gasteiger partial charge in [0.25, 0.3) is 5.91 Å². The van der Waals surface area contributed by atoms with Crippen LogP contribution in [0.2, 0.25) is 0 Å². The highest BCUT2D eigenvalue weighted by Gasteiger charge is 2.26. The summed E-state index contributed by atoms with van der Waals surface area (Å²) in [6.07, 6.45) is -0.104. The van der Waals surface area contributed by atoms with Crippen LogP contribution in [0.15, 0.2) is 48.5 Å². The van der Waals surface area contributed by atoms with E-state index in [4.69, 9.17) is 10.00 Å². The minimum atomic E-state index is -0.104. The van der Waals surface area contributed by atoms with Crippen molar-refractivity contribution in [2.45, 2.75) is 13.0 Å². The van der Waals surface area contributed by atoms with Crippen molar-refractivity contribution in [1.29, 1.82) is 5.26 Å². The molecule has 116 valence electrons. The number of nitrogens with zero attached hydrogens (tertiary/aromatic N) is 2. The van der Waals surface area contributed by atoms with Gasteiger partial charge in [-0.3, -0.25) is 4.79 Å². The van der Waals surface area contributed by atoms with Crippen LogP contribution in [0.1, 0.15) is 33.2 Å². The van der Waals surface area contributed by atoms with Crippen molar-refractivity contribution in [3.8, 4) is 6.07 Å². The van der Waals surface area contributed by atoms with Crippen LogP contribution in [0, 0.1) is 18.3 Å². The number of amides is 1. The lowest BCUT2D eigenvalue weighted by Gasteiger charge is -2.33. The average Bonchev–Trinajstić information content (AvgIpc) is 2.62. The molecule has 1 amide bonds. The zero-order valence-corrected chi connectivity index (χ0v) is 13.0. The van der Waals surface area contributed by atoms with Gasteiger partial charge in [0.15, 0.2) is 0 Å². The van der Waals surface area contributed by atoms with Crippen LogP contribution in [0.25, 0.3) is 0 Å². The third-order valence-corrected chi connectivity index (χ3v) is 4.04. The van der Waals surface area contributed by atoms with E-state index in [1.54, 1.807) is 29.2 Å². The molecule has 2 aromatic rings. The normalized spacial score (nSPS) is 17.6. The summed E-state index contributed by atoms with van der Waals surface area (Å²) >= 11 is 0. The van der Waals surface area contributed by atoms with Crippen molar-refractivity contribution < 1.29 is 9.53 Å². The Hall–Kier alpha value is -2.64. The molecule has 1 aliphatic rings. The molecule has 3 rings (SSSR count). The first kappa shape index (κ1) is 15.3. The monoisotopic (exact) mass is 306 g/mol. The van der Waals surface area contributed by atoms with Crippen molar-refractivity contribution in [3.05, 3.63) is 70.8 Å². The molecular formula is C19H18N2O2. The van der Waals surface area contributed by atoms with E-state index < -0.39 is 0 Å². The first-order valence-electron chi connectivity index (χ1n) is 7.65. The highest BCUT2D eigenvalue weighted by Crippen LogP contribution is 2.23. The van der Waals surface area contributed by atoms with Gasteiger partial charge >= 0.3 is 0 Å². The van der Waals surface area contributed by atoms with Crippen molar-refractivity contribution in [1.82, 2.24) is 4.90 Å². The number of hydrogen-bond donors (Lipinski definition) is 0. The van der Waals surface area contributed by atoms with Gasteiger partial charge in [0, 0.05) is 12.1 Å². The SMILES string of the molecule is Cc1ccc(C2CN(C(=O)c3cccc(C#N)c3)CCO2)cc1. The summed E-state index contributed by atoms with van der Waals surface area (Å²) in [5.41, 5.74) is 3.33. The summed E-state index contributed by atoms with van der Waals surface area (Å²) in [4.78, 5) is 14.5. The van der Waals surface area contributed by atoms with Crippen LogP contribution in [0.5, 0.6) is 0 Å². The van der Waals surface area contributed by atoms with Crippen molar-refractivity contribution in [3.63, 3.8) is 0 Å². The van der Waals surface area contributed by atoms with E-state index in [-0.39, 0.29) is 12.0 Å². The van der Waals surface area contributed by atoms with Gasteiger partial charge in [0.05, 0.1) is 24.8 Å². The zero-order valence-electron chi connectivity index (χ0n) is 13.0. The molecular weight excluding hydrogens is 288 g/mol. The van der Waals surface area contributed by atoms with Crippen LogP contribution in [0.3, 0.4) is 0 Å². The summed E-state index contributed by atoms with van der Waals surface area (Å²) in [5.74, 6) is -0.0532. The molecule has 0 radical (unpaired) electrons. The van der Waals surface area contributed by atoms with Crippen LogP contribution < -0.4 is 0 Å². The molecule has 4 heteroatoms. The molecule has 0 aliphatic carbocycles. The van der Waals surface area contributed by atoms with E-state index in [0.717, 1.165) is 5.56 Å². The number of rotatable bonds is 2. The number of carbonyl (C=O) groups is 1. The second-order valence-corrected chi connectivity index (χ2v) is 5.71. The lowest BCUT2D eigenvalue weighted by atomic mass is 10.0. The molecule has 2 aromatic carbocycles. The van der Waals surface area contributed by atoms with E-state index >= 15 is 0 Å². The Labute approximate surface area is 135 Å². The van der Waals surface area contributed by atoms with Crippen LogP contribution in [0.4, 0.5) is 0 Å². The Balaban J connectivity index is 1.76. The van der Waals surface area contributed by atoms with E-state index in [2.05, 4.69) is 18.2 Å². The maximum atomic E-state index is 12.7. The fourth-order valence-electron chi connectivity index (χ4n) is 2.72. The van der Waals surface area contributed by atoms with Gasteiger partial charge in [-0.2, -0.15) is 5.26 Å². The summed E-state index contributed by atoms with van der Waals surface area (Å²) in [7, 11) is 0. The fourth-order valence-corrected chi connectivity index (χ4v) is 2.72. The van der Waals surface area contributed by atoms with Gasteiger partial charge in [-0.1, -0.05) is 35.9 Å². The number of benzene rings is 2. The average molecular weight is 306 g/mol. The molecule has 1 aliphatic heterocycles. The van der Waals surface area contributed by atoms with Gasteiger partial charge in [0.1, 0.15) is 6.10 Å². The molecule has 1 fully saturated rings. The highest BCUT2D eigenvalue weighted by atomic mass is 16.5. The smallest absolute Gasteiger partial charge is 0.254 e. The van der Waals surface area contributed by atoms with Gasteiger partial charge in [-0.05, 0) is 30.7 Å². The number of hydrogen-bond acceptors (Lipinski definition) is 3. The van der Waals surface area contributed by atoms with Gasteiger partial charge < -0.3 is 9.64 Å². The Morgan fingerprint density at radius 1 is 1.26 bits per heavy atom. The molecule has 23 heavy (non-hydrogen) atoms. The van der Waals surface area contributed by atoms with E-state index in [1.807, 2.05) is 19.1 Å². The van der Waals surface area contributed by atoms with Crippen LogP contribution >= 0.6 is 0 Å². The van der Waals surface area contributed by atoms with Gasteiger partial charge in [0.2, 0.25) is 0 Å². The summed E-state index contributed by atoms with van der Waals surface area (Å²) < 4.78 is 5.82. The quantitative estimate of drug-likeness (QED) is 0.857. The van der Waals surface area contributed by atoms with Crippen LogP contribution in [-0.2, 0) is 4.74 Å². The standard InChI is InChI=1S/C19H18N2O2/c1-14-5-7-16(8-6-14)18-13-21(9-10-23-18)19(22)17-4-2-3-15(11-17)12-20/h2-8,11,18H,9-10,13H2,1H3. The molecule has 1 unspecified atom stereocenters. The highest BCUT2D eigenvalue weighted by molar-refractivity contribution is 5.94. The second kappa shape index (κ2) is 6.64. The molecule has 0 aromatic heterocycles. The number of aryl methyl sites for hydroxylation is 1. The Bertz CT molecular complexity index is 747. The van der Waals surface area contributed by atoms with Crippen molar-refractivity contribution >= 4 is 5.91 Å². The Morgan fingerprint density at radius 2 is 2.04 bits per heavy atom. The third kappa shape index (κ3) is 3.41. The minimum Gasteiger partial charge on any atom is -0.370 e. The molecule has 0 saturated carbocycles.